The molecule has 1 amide bonds. The van der Waals surface area contributed by atoms with Gasteiger partial charge in [-0.3, -0.25) is 4.79 Å². The van der Waals surface area contributed by atoms with Crippen LogP contribution in [0.2, 0.25) is 0 Å². The molecule has 0 saturated heterocycles. The minimum absolute atomic E-state index is 0.104. The molecule has 2 saturated carbocycles. The van der Waals surface area contributed by atoms with E-state index < -0.39 is 9.84 Å². The van der Waals surface area contributed by atoms with Gasteiger partial charge in [0.05, 0.1) is 10.9 Å². The normalized spacial score (nSPS) is 24.9. The SMILES string of the molecule is Cc1ccc(C(NC(=O)C2C3CCCCC32)c2cccc(S(C)(=O)=O)c2)cc1. The summed E-state index contributed by atoms with van der Waals surface area (Å²) in [6.07, 6.45) is 5.97. The van der Waals surface area contributed by atoms with Gasteiger partial charge in [-0.2, -0.15) is 0 Å². The Bertz CT molecular complexity index is 969. The van der Waals surface area contributed by atoms with E-state index in [1.165, 1.54) is 19.1 Å². The maximum absolute atomic E-state index is 13.0. The summed E-state index contributed by atoms with van der Waals surface area (Å²) in [7, 11) is -3.31. The second-order valence-corrected chi connectivity index (χ2v) is 10.4. The first-order chi connectivity index (χ1) is 13.3. The van der Waals surface area contributed by atoms with Crippen molar-refractivity contribution in [2.24, 2.45) is 17.8 Å². The first kappa shape index (κ1) is 19.2. The topological polar surface area (TPSA) is 63.2 Å². The monoisotopic (exact) mass is 397 g/mol. The van der Waals surface area contributed by atoms with Gasteiger partial charge in [-0.25, -0.2) is 8.42 Å². The van der Waals surface area contributed by atoms with Crippen LogP contribution in [0, 0.1) is 24.7 Å². The second kappa shape index (κ2) is 7.36. The van der Waals surface area contributed by atoms with Crippen molar-refractivity contribution >= 4 is 15.7 Å². The molecule has 148 valence electrons. The van der Waals surface area contributed by atoms with E-state index in [1.807, 2.05) is 37.3 Å². The Balaban J connectivity index is 1.65. The van der Waals surface area contributed by atoms with E-state index in [0.717, 1.165) is 29.5 Å². The molecule has 2 fully saturated rings. The first-order valence-electron chi connectivity index (χ1n) is 10.0. The van der Waals surface area contributed by atoms with Crippen LogP contribution in [-0.4, -0.2) is 20.6 Å². The number of hydrogen-bond acceptors (Lipinski definition) is 3. The lowest BCUT2D eigenvalue weighted by Crippen LogP contribution is -2.31. The maximum Gasteiger partial charge on any atom is 0.224 e. The van der Waals surface area contributed by atoms with Crippen molar-refractivity contribution in [2.75, 3.05) is 6.26 Å². The lowest BCUT2D eigenvalue weighted by molar-refractivity contribution is -0.123. The number of amides is 1. The van der Waals surface area contributed by atoms with Gasteiger partial charge in [0, 0.05) is 12.2 Å². The third kappa shape index (κ3) is 3.86. The van der Waals surface area contributed by atoms with Gasteiger partial charge in [0.1, 0.15) is 0 Å². The van der Waals surface area contributed by atoms with Crippen LogP contribution >= 0.6 is 0 Å². The zero-order chi connectivity index (χ0) is 19.9. The van der Waals surface area contributed by atoms with Crippen LogP contribution in [0.5, 0.6) is 0 Å². The minimum Gasteiger partial charge on any atom is -0.345 e. The Kier molecular flexibility index (Phi) is 5.04. The number of benzene rings is 2. The second-order valence-electron chi connectivity index (χ2n) is 8.33. The van der Waals surface area contributed by atoms with Crippen molar-refractivity contribution < 1.29 is 13.2 Å². The van der Waals surface area contributed by atoms with Gasteiger partial charge < -0.3 is 5.32 Å². The molecule has 2 aliphatic carbocycles. The van der Waals surface area contributed by atoms with E-state index in [-0.39, 0.29) is 22.8 Å². The summed E-state index contributed by atoms with van der Waals surface area (Å²) in [4.78, 5) is 13.3. The average molecular weight is 398 g/mol. The number of nitrogens with one attached hydrogen (secondary N) is 1. The van der Waals surface area contributed by atoms with Crippen LogP contribution in [0.1, 0.15) is 48.4 Å². The fraction of sp³-hybridized carbons (Fsp3) is 0.435. The fourth-order valence-corrected chi connectivity index (χ4v) is 5.34. The highest BCUT2D eigenvalue weighted by Crippen LogP contribution is 2.55. The quantitative estimate of drug-likeness (QED) is 0.828. The number of rotatable bonds is 5. The van der Waals surface area contributed by atoms with E-state index in [2.05, 4.69) is 5.32 Å². The molecule has 4 nitrogen and oxygen atoms in total. The van der Waals surface area contributed by atoms with E-state index >= 15 is 0 Å². The van der Waals surface area contributed by atoms with Gasteiger partial charge in [-0.05, 0) is 54.9 Å². The Morgan fingerprint density at radius 1 is 1.00 bits per heavy atom. The highest BCUT2D eigenvalue weighted by atomic mass is 32.2. The molecule has 0 bridgehead atoms. The number of aryl methyl sites for hydroxylation is 1. The molecule has 0 aliphatic heterocycles. The molecule has 2 aromatic carbocycles. The van der Waals surface area contributed by atoms with Crippen LogP contribution in [0.4, 0.5) is 0 Å². The highest BCUT2D eigenvalue weighted by molar-refractivity contribution is 7.90. The van der Waals surface area contributed by atoms with E-state index in [9.17, 15) is 13.2 Å². The van der Waals surface area contributed by atoms with Gasteiger partial charge in [0.2, 0.25) is 5.91 Å². The summed E-state index contributed by atoms with van der Waals surface area (Å²) in [6, 6.07) is 14.6. The summed E-state index contributed by atoms with van der Waals surface area (Å²) in [5.74, 6) is 1.30. The van der Waals surface area contributed by atoms with Crippen molar-refractivity contribution in [2.45, 2.75) is 43.5 Å². The zero-order valence-corrected chi connectivity index (χ0v) is 17.2. The Morgan fingerprint density at radius 3 is 2.25 bits per heavy atom. The standard InChI is InChI=1S/C23H27NO3S/c1-15-10-12-16(13-11-15)22(17-6-5-7-18(14-17)28(2,26)27)24-23(25)21-19-8-3-4-9-20(19)21/h5-7,10-14,19-22H,3-4,8-9H2,1-2H3,(H,24,25). The molecule has 3 unspecified atom stereocenters. The Labute approximate surface area is 167 Å². The molecule has 0 radical (unpaired) electrons. The largest absolute Gasteiger partial charge is 0.345 e. The molecular weight excluding hydrogens is 370 g/mol. The molecular formula is C23H27NO3S. The zero-order valence-electron chi connectivity index (χ0n) is 16.4. The average Bonchev–Trinajstić information content (AvgIpc) is 3.41. The summed E-state index contributed by atoms with van der Waals surface area (Å²) in [6.45, 7) is 2.02. The van der Waals surface area contributed by atoms with E-state index in [4.69, 9.17) is 0 Å². The molecule has 0 heterocycles. The van der Waals surface area contributed by atoms with Gasteiger partial charge in [-0.15, -0.1) is 0 Å². The molecule has 1 N–H and O–H groups in total. The number of carbonyl (C=O) groups is 1. The molecule has 2 aliphatic rings. The fourth-order valence-electron chi connectivity index (χ4n) is 4.66. The smallest absolute Gasteiger partial charge is 0.224 e. The van der Waals surface area contributed by atoms with Gasteiger partial charge in [0.25, 0.3) is 0 Å². The van der Waals surface area contributed by atoms with Crippen molar-refractivity contribution in [1.29, 1.82) is 0 Å². The number of fused-ring (bicyclic) bond motifs is 1. The van der Waals surface area contributed by atoms with Crippen LogP contribution in [0.3, 0.4) is 0 Å². The lowest BCUT2D eigenvalue weighted by atomic mass is 9.97. The molecule has 2 aromatic rings. The lowest BCUT2D eigenvalue weighted by Gasteiger charge is -2.21. The van der Waals surface area contributed by atoms with Crippen LogP contribution in [-0.2, 0) is 14.6 Å². The molecule has 4 rings (SSSR count). The Hall–Kier alpha value is -2.14. The number of hydrogen-bond donors (Lipinski definition) is 1. The molecule has 5 heteroatoms. The number of carbonyl (C=O) groups excluding carboxylic acids is 1. The highest BCUT2D eigenvalue weighted by Gasteiger charge is 2.54. The maximum atomic E-state index is 13.0. The molecule has 28 heavy (non-hydrogen) atoms. The van der Waals surface area contributed by atoms with Crippen molar-refractivity contribution in [3.05, 3.63) is 65.2 Å². The van der Waals surface area contributed by atoms with Crippen molar-refractivity contribution in [3.8, 4) is 0 Å². The van der Waals surface area contributed by atoms with Crippen LogP contribution < -0.4 is 5.32 Å². The predicted molar refractivity (Wildman–Crippen MR) is 110 cm³/mol. The summed E-state index contributed by atoms with van der Waals surface area (Å²) < 4.78 is 24.0. The summed E-state index contributed by atoms with van der Waals surface area (Å²) in [5.41, 5.74) is 2.91. The van der Waals surface area contributed by atoms with Crippen molar-refractivity contribution in [3.63, 3.8) is 0 Å². The summed E-state index contributed by atoms with van der Waals surface area (Å²) >= 11 is 0. The van der Waals surface area contributed by atoms with Crippen LogP contribution in [0.15, 0.2) is 53.4 Å². The van der Waals surface area contributed by atoms with Gasteiger partial charge >= 0.3 is 0 Å². The van der Waals surface area contributed by atoms with Gasteiger partial charge in [-0.1, -0.05) is 54.8 Å². The minimum atomic E-state index is -3.31. The third-order valence-corrected chi connectivity index (χ3v) is 7.39. The van der Waals surface area contributed by atoms with Crippen molar-refractivity contribution in [1.82, 2.24) is 5.32 Å². The number of sulfone groups is 1. The predicted octanol–water partition coefficient (Wildman–Crippen LogP) is 4.04. The molecule has 0 spiro atoms. The first-order valence-corrected chi connectivity index (χ1v) is 11.9. The molecule has 0 aromatic heterocycles. The van der Waals surface area contributed by atoms with Crippen LogP contribution in [0.25, 0.3) is 0 Å². The van der Waals surface area contributed by atoms with Gasteiger partial charge in [0.15, 0.2) is 9.84 Å². The Morgan fingerprint density at radius 2 is 1.64 bits per heavy atom. The van der Waals surface area contributed by atoms with E-state index in [1.54, 1.807) is 18.2 Å². The molecule has 3 atom stereocenters. The van der Waals surface area contributed by atoms with E-state index in [0.29, 0.717) is 11.8 Å². The third-order valence-electron chi connectivity index (χ3n) is 6.28. The summed E-state index contributed by atoms with van der Waals surface area (Å²) in [5, 5.41) is 3.23.